The summed E-state index contributed by atoms with van der Waals surface area (Å²) in [6.07, 6.45) is 1.12. The Morgan fingerprint density at radius 1 is 1.26 bits per heavy atom. The highest BCUT2D eigenvalue weighted by Crippen LogP contribution is 2.20. The first kappa shape index (κ1) is 18.3. The second-order valence-electron chi connectivity index (χ2n) is 6.98. The predicted molar refractivity (Wildman–Crippen MR) is 92.5 cm³/mol. The van der Waals surface area contributed by atoms with Crippen LogP contribution >= 0.6 is 11.8 Å². The van der Waals surface area contributed by atoms with Crippen molar-refractivity contribution in [1.82, 2.24) is 19.9 Å². The lowest BCUT2D eigenvalue weighted by atomic mass is 9.97. The highest BCUT2D eigenvalue weighted by atomic mass is 32.2. The van der Waals surface area contributed by atoms with Gasteiger partial charge in [0.2, 0.25) is 11.8 Å². The average Bonchev–Trinajstić information content (AvgIpc) is 2.97. The number of nitrogens with zero attached hydrogens (tertiary/aromatic N) is 4. The Labute approximate surface area is 143 Å². The molecule has 0 aliphatic carbocycles. The van der Waals surface area contributed by atoms with Gasteiger partial charge in [-0.15, -0.1) is 0 Å². The van der Waals surface area contributed by atoms with Gasteiger partial charge in [0, 0.05) is 31.6 Å². The summed E-state index contributed by atoms with van der Waals surface area (Å²) in [5.74, 6) is 3.33. The maximum Gasteiger partial charge on any atom is 0.232 e. The monoisotopic (exact) mass is 340 g/mol. The molecule has 1 fully saturated rings. The van der Waals surface area contributed by atoms with Crippen molar-refractivity contribution in [2.24, 2.45) is 0 Å². The van der Waals surface area contributed by atoms with Gasteiger partial charge in [0.25, 0.3) is 0 Å². The second kappa shape index (κ2) is 8.15. The molecule has 0 atom stereocenters. The summed E-state index contributed by atoms with van der Waals surface area (Å²) in [5, 5.41) is 4.07. The van der Waals surface area contributed by atoms with E-state index in [1.165, 1.54) is 0 Å². The topological polar surface area (TPSA) is 62.5 Å². The standard InChI is InChI=1S/C16H28N4O2S/c1-5-10-23-12-14(21)20-8-6-19(7-9-20)11-13-17-15(22-18-13)16(2,3)4/h5-12H2,1-4H3. The maximum atomic E-state index is 12.1. The zero-order valence-electron chi connectivity index (χ0n) is 14.7. The van der Waals surface area contributed by atoms with Gasteiger partial charge in [-0.2, -0.15) is 16.7 Å². The van der Waals surface area contributed by atoms with E-state index in [-0.39, 0.29) is 11.3 Å². The van der Waals surface area contributed by atoms with Crippen LogP contribution in [-0.4, -0.2) is 63.5 Å². The summed E-state index contributed by atoms with van der Waals surface area (Å²) in [6, 6.07) is 0. The molecule has 0 aromatic carbocycles. The Balaban J connectivity index is 1.76. The van der Waals surface area contributed by atoms with E-state index in [9.17, 15) is 4.79 Å². The second-order valence-corrected chi connectivity index (χ2v) is 8.08. The summed E-state index contributed by atoms with van der Waals surface area (Å²) >= 11 is 1.73. The molecule has 7 heteroatoms. The molecule has 2 heterocycles. The summed E-state index contributed by atoms with van der Waals surface area (Å²) in [4.78, 5) is 20.8. The molecule has 1 aliphatic heterocycles. The Morgan fingerprint density at radius 2 is 1.96 bits per heavy atom. The van der Waals surface area contributed by atoms with Crippen LogP contribution in [-0.2, 0) is 16.8 Å². The Kier molecular flexibility index (Phi) is 6.47. The molecule has 0 radical (unpaired) electrons. The minimum absolute atomic E-state index is 0.119. The Hall–Kier alpha value is -1.08. The molecule has 0 saturated carbocycles. The fourth-order valence-electron chi connectivity index (χ4n) is 2.37. The first-order chi connectivity index (χ1) is 10.9. The molecule has 1 aromatic heterocycles. The molecule has 0 bridgehead atoms. The lowest BCUT2D eigenvalue weighted by molar-refractivity contribution is -0.130. The largest absolute Gasteiger partial charge is 0.339 e. The van der Waals surface area contributed by atoms with Gasteiger partial charge in [-0.1, -0.05) is 32.9 Å². The van der Waals surface area contributed by atoms with E-state index in [2.05, 4.69) is 42.7 Å². The number of hydrogen-bond acceptors (Lipinski definition) is 6. The molecule has 0 spiro atoms. The van der Waals surface area contributed by atoms with Crippen molar-refractivity contribution in [3.8, 4) is 0 Å². The van der Waals surface area contributed by atoms with Crippen LogP contribution in [0.25, 0.3) is 0 Å². The number of carbonyl (C=O) groups excluding carboxylic acids is 1. The van der Waals surface area contributed by atoms with Gasteiger partial charge < -0.3 is 9.42 Å². The zero-order valence-corrected chi connectivity index (χ0v) is 15.5. The van der Waals surface area contributed by atoms with Gasteiger partial charge in [0.05, 0.1) is 12.3 Å². The van der Waals surface area contributed by atoms with Crippen molar-refractivity contribution < 1.29 is 9.32 Å². The average molecular weight is 340 g/mol. The SMILES string of the molecule is CCCSCC(=O)N1CCN(Cc2noc(C(C)(C)C)n2)CC1. The summed E-state index contributed by atoms with van der Waals surface area (Å²) in [7, 11) is 0. The van der Waals surface area contributed by atoms with E-state index in [1.54, 1.807) is 11.8 Å². The number of hydrogen-bond donors (Lipinski definition) is 0. The zero-order chi connectivity index (χ0) is 16.9. The normalized spacial score (nSPS) is 16.8. The van der Waals surface area contributed by atoms with Gasteiger partial charge >= 0.3 is 0 Å². The van der Waals surface area contributed by atoms with Gasteiger partial charge in [-0.25, -0.2) is 0 Å². The highest BCUT2D eigenvalue weighted by Gasteiger charge is 2.24. The van der Waals surface area contributed by atoms with Crippen LogP contribution < -0.4 is 0 Å². The minimum atomic E-state index is -0.119. The number of rotatable bonds is 6. The van der Waals surface area contributed by atoms with Crippen LogP contribution in [0.3, 0.4) is 0 Å². The van der Waals surface area contributed by atoms with Crippen LogP contribution in [0.5, 0.6) is 0 Å². The molecule has 0 unspecified atom stereocenters. The fraction of sp³-hybridized carbons (Fsp3) is 0.812. The van der Waals surface area contributed by atoms with Crippen molar-refractivity contribution in [2.75, 3.05) is 37.7 Å². The summed E-state index contributed by atoms with van der Waals surface area (Å²) in [6.45, 7) is 12.3. The third-order valence-electron chi connectivity index (χ3n) is 3.77. The fourth-order valence-corrected chi connectivity index (χ4v) is 3.16. The molecule has 0 N–H and O–H groups in total. The first-order valence-corrected chi connectivity index (χ1v) is 9.46. The number of amides is 1. The van der Waals surface area contributed by atoms with Crippen LogP contribution in [0.15, 0.2) is 4.52 Å². The predicted octanol–water partition coefficient (Wildman–Crippen LogP) is 2.15. The molecule has 1 aliphatic rings. The number of piperazine rings is 1. The van der Waals surface area contributed by atoms with Gasteiger partial charge in [0.1, 0.15) is 0 Å². The smallest absolute Gasteiger partial charge is 0.232 e. The molecule has 2 rings (SSSR count). The van der Waals surface area contributed by atoms with E-state index in [0.717, 1.165) is 44.2 Å². The van der Waals surface area contributed by atoms with Crippen molar-refractivity contribution in [1.29, 1.82) is 0 Å². The van der Waals surface area contributed by atoms with Gasteiger partial charge in [0.15, 0.2) is 5.82 Å². The lowest BCUT2D eigenvalue weighted by Gasteiger charge is -2.34. The molecule has 1 amide bonds. The molecule has 23 heavy (non-hydrogen) atoms. The third kappa shape index (κ3) is 5.49. The molecule has 6 nitrogen and oxygen atoms in total. The molecular weight excluding hydrogens is 312 g/mol. The molecule has 1 aromatic rings. The molecule has 1 saturated heterocycles. The quantitative estimate of drug-likeness (QED) is 0.740. The maximum absolute atomic E-state index is 12.1. The van der Waals surface area contributed by atoms with Crippen molar-refractivity contribution >= 4 is 17.7 Å². The van der Waals surface area contributed by atoms with Crippen LogP contribution in [0.1, 0.15) is 45.8 Å². The van der Waals surface area contributed by atoms with E-state index in [0.29, 0.717) is 18.2 Å². The third-order valence-corrected chi connectivity index (χ3v) is 4.92. The lowest BCUT2D eigenvalue weighted by Crippen LogP contribution is -2.49. The van der Waals surface area contributed by atoms with E-state index in [1.807, 2.05) is 4.90 Å². The molecule has 130 valence electrons. The van der Waals surface area contributed by atoms with Gasteiger partial charge in [-0.3, -0.25) is 9.69 Å². The first-order valence-electron chi connectivity index (χ1n) is 8.31. The summed E-state index contributed by atoms with van der Waals surface area (Å²) < 4.78 is 5.33. The molecular formula is C16H28N4O2S. The Morgan fingerprint density at radius 3 is 2.52 bits per heavy atom. The van der Waals surface area contributed by atoms with E-state index >= 15 is 0 Å². The Bertz CT molecular complexity index is 504. The number of carbonyl (C=O) groups is 1. The number of thioether (sulfide) groups is 1. The van der Waals surface area contributed by atoms with E-state index in [4.69, 9.17) is 4.52 Å². The summed E-state index contributed by atoms with van der Waals surface area (Å²) in [5.41, 5.74) is -0.119. The van der Waals surface area contributed by atoms with Crippen LogP contribution in [0.2, 0.25) is 0 Å². The minimum Gasteiger partial charge on any atom is -0.339 e. The van der Waals surface area contributed by atoms with Crippen molar-refractivity contribution in [3.63, 3.8) is 0 Å². The van der Waals surface area contributed by atoms with Gasteiger partial charge in [-0.05, 0) is 12.2 Å². The van der Waals surface area contributed by atoms with Crippen LogP contribution in [0.4, 0.5) is 0 Å². The van der Waals surface area contributed by atoms with Crippen molar-refractivity contribution in [2.45, 2.75) is 46.1 Å². The van der Waals surface area contributed by atoms with E-state index < -0.39 is 0 Å². The van der Waals surface area contributed by atoms with Crippen LogP contribution in [0, 0.1) is 0 Å². The number of aromatic nitrogens is 2. The van der Waals surface area contributed by atoms with Crippen molar-refractivity contribution in [3.05, 3.63) is 11.7 Å². The highest BCUT2D eigenvalue weighted by molar-refractivity contribution is 7.99.